The van der Waals surface area contributed by atoms with Crippen LogP contribution >= 0.6 is 0 Å². The van der Waals surface area contributed by atoms with Crippen molar-refractivity contribution in [3.05, 3.63) is 64.7 Å². The average Bonchev–Trinajstić information content (AvgIpc) is 2.63. The van der Waals surface area contributed by atoms with Gasteiger partial charge in [-0.05, 0) is 48.7 Å². The summed E-state index contributed by atoms with van der Waals surface area (Å²) in [6.45, 7) is 7.41. The Balaban J connectivity index is 1.67. The molecule has 1 amide bonds. The first-order valence-electron chi connectivity index (χ1n) is 8.95. The molecule has 0 spiro atoms. The summed E-state index contributed by atoms with van der Waals surface area (Å²) in [6.07, 6.45) is 1.68. The van der Waals surface area contributed by atoms with Crippen molar-refractivity contribution in [3.8, 4) is 0 Å². The first kappa shape index (κ1) is 18.6. The number of hydrogen-bond acceptors (Lipinski definition) is 3. The summed E-state index contributed by atoms with van der Waals surface area (Å²) < 4.78 is 11.4. The fraction of sp³-hybridized carbons (Fsp3) is 0.381. The molecule has 0 bridgehead atoms. The van der Waals surface area contributed by atoms with Crippen molar-refractivity contribution in [2.24, 2.45) is 0 Å². The molecule has 5 heteroatoms. The summed E-state index contributed by atoms with van der Waals surface area (Å²) in [5, 5.41) is 0. The number of piperazine rings is 1. The van der Waals surface area contributed by atoms with Gasteiger partial charge in [0.05, 0.1) is 0 Å². The minimum Gasteiger partial charge on any atom is -0.368 e. The maximum atomic E-state index is 12.8. The second-order valence-electron chi connectivity index (χ2n) is 6.92. The number of anilines is 1. The summed E-state index contributed by atoms with van der Waals surface area (Å²) in [7, 11) is -0.905. The maximum absolute atomic E-state index is 12.8. The van der Waals surface area contributed by atoms with E-state index in [2.05, 4.69) is 36.9 Å². The third-order valence-corrected chi connectivity index (χ3v) is 5.77. The van der Waals surface area contributed by atoms with Crippen molar-refractivity contribution < 1.29 is 9.00 Å². The van der Waals surface area contributed by atoms with Crippen molar-refractivity contribution in [2.45, 2.75) is 19.6 Å². The largest absolute Gasteiger partial charge is 0.368 e. The predicted octanol–water partition coefficient (Wildman–Crippen LogP) is 3.14. The zero-order valence-corrected chi connectivity index (χ0v) is 16.5. The number of carbonyl (C=O) groups is 1. The predicted molar refractivity (Wildman–Crippen MR) is 108 cm³/mol. The molecule has 1 atom stereocenters. The van der Waals surface area contributed by atoms with Crippen LogP contribution in [0.2, 0.25) is 0 Å². The Morgan fingerprint density at radius 3 is 2.42 bits per heavy atom. The molecule has 0 radical (unpaired) electrons. The van der Waals surface area contributed by atoms with Crippen molar-refractivity contribution >= 4 is 22.4 Å². The maximum Gasteiger partial charge on any atom is 0.253 e. The smallest absolute Gasteiger partial charge is 0.253 e. The van der Waals surface area contributed by atoms with E-state index in [1.807, 2.05) is 29.2 Å². The van der Waals surface area contributed by atoms with Crippen molar-refractivity contribution in [3.63, 3.8) is 0 Å². The molecule has 3 rings (SSSR count). The Labute approximate surface area is 158 Å². The van der Waals surface area contributed by atoms with E-state index >= 15 is 0 Å². The Morgan fingerprint density at radius 1 is 1.04 bits per heavy atom. The van der Waals surface area contributed by atoms with Gasteiger partial charge in [-0.25, -0.2) is 0 Å². The summed E-state index contributed by atoms with van der Waals surface area (Å²) in [4.78, 5) is 17.1. The molecule has 0 N–H and O–H groups in total. The molecule has 1 aliphatic heterocycles. The van der Waals surface area contributed by atoms with E-state index < -0.39 is 10.8 Å². The fourth-order valence-corrected chi connectivity index (χ4v) is 4.09. The van der Waals surface area contributed by atoms with Gasteiger partial charge in [-0.2, -0.15) is 0 Å². The van der Waals surface area contributed by atoms with Crippen LogP contribution in [0.3, 0.4) is 0 Å². The summed E-state index contributed by atoms with van der Waals surface area (Å²) in [6, 6.07) is 13.9. The number of carbonyl (C=O) groups excluding carboxylic acids is 1. The Morgan fingerprint density at radius 2 is 1.73 bits per heavy atom. The summed E-state index contributed by atoms with van der Waals surface area (Å²) in [5.41, 5.74) is 5.52. The molecule has 4 nitrogen and oxygen atoms in total. The van der Waals surface area contributed by atoms with Crippen LogP contribution in [-0.2, 0) is 16.6 Å². The zero-order chi connectivity index (χ0) is 18.7. The van der Waals surface area contributed by atoms with Crippen LogP contribution in [-0.4, -0.2) is 47.5 Å². The number of rotatable bonds is 4. The number of nitrogens with zero attached hydrogens (tertiary/aromatic N) is 2. The van der Waals surface area contributed by atoms with Gasteiger partial charge >= 0.3 is 0 Å². The normalized spacial score (nSPS) is 15.8. The Bertz CT molecular complexity index is 827. The van der Waals surface area contributed by atoms with Crippen molar-refractivity contribution in [1.82, 2.24) is 4.90 Å². The Hall–Kier alpha value is -2.14. The van der Waals surface area contributed by atoms with Gasteiger partial charge < -0.3 is 9.80 Å². The molecule has 138 valence electrons. The van der Waals surface area contributed by atoms with E-state index in [0.29, 0.717) is 11.3 Å². The summed E-state index contributed by atoms with van der Waals surface area (Å²) >= 11 is 0. The van der Waals surface area contributed by atoms with E-state index in [9.17, 15) is 9.00 Å². The van der Waals surface area contributed by atoms with E-state index in [-0.39, 0.29) is 5.91 Å². The molecule has 1 fully saturated rings. The third-order valence-electron chi connectivity index (χ3n) is 5.03. The molecule has 0 unspecified atom stereocenters. The van der Waals surface area contributed by atoms with E-state index in [0.717, 1.165) is 31.7 Å². The van der Waals surface area contributed by atoms with Crippen LogP contribution < -0.4 is 4.90 Å². The molecular weight excluding hydrogens is 344 g/mol. The van der Waals surface area contributed by atoms with Crippen LogP contribution in [0.1, 0.15) is 27.0 Å². The van der Waals surface area contributed by atoms with Crippen LogP contribution in [0.5, 0.6) is 0 Å². The molecule has 0 aliphatic carbocycles. The van der Waals surface area contributed by atoms with Crippen LogP contribution in [0.25, 0.3) is 0 Å². The minimum absolute atomic E-state index is 0.0642. The van der Waals surface area contributed by atoms with Crippen LogP contribution in [0.4, 0.5) is 5.69 Å². The molecule has 26 heavy (non-hydrogen) atoms. The first-order chi connectivity index (χ1) is 12.5. The highest BCUT2D eigenvalue weighted by Crippen LogP contribution is 2.24. The average molecular weight is 371 g/mol. The lowest BCUT2D eigenvalue weighted by molar-refractivity contribution is 0.0746. The topological polar surface area (TPSA) is 40.6 Å². The van der Waals surface area contributed by atoms with Gasteiger partial charge in [0.15, 0.2) is 0 Å². The first-order valence-corrected chi connectivity index (χ1v) is 10.7. The van der Waals surface area contributed by atoms with E-state index in [4.69, 9.17) is 0 Å². The van der Waals surface area contributed by atoms with Crippen LogP contribution in [0, 0.1) is 13.8 Å². The van der Waals surface area contributed by atoms with E-state index in [1.165, 1.54) is 16.8 Å². The minimum atomic E-state index is -0.905. The van der Waals surface area contributed by atoms with E-state index in [1.54, 1.807) is 6.26 Å². The van der Waals surface area contributed by atoms with Gasteiger partial charge in [-0.15, -0.1) is 0 Å². The van der Waals surface area contributed by atoms with Gasteiger partial charge in [0.1, 0.15) is 0 Å². The highest BCUT2D eigenvalue weighted by Gasteiger charge is 2.23. The monoisotopic (exact) mass is 370 g/mol. The highest BCUT2D eigenvalue weighted by molar-refractivity contribution is 7.83. The molecule has 1 aliphatic rings. The number of hydrogen-bond donors (Lipinski definition) is 0. The Kier molecular flexibility index (Phi) is 5.77. The van der Waals surface area contributed by atoms with Gasteiger partial charge in [-0.1, -0.05) is 24.3 Å². The quantitative estimate of drug-likeness (QED) is 0.830. The fourth-order valence-electron chi connectivity index (χ4n) is 3.44. The second-order valence-corrected chi connectivity index (χ2v) is 8.35. The molecule has 0 saturated carbocycles. The number of amides is 1. The molecular formula is C21H26N2O2S. The molecule has 2 aromatic rings. The zero-order valence-electron chi connectivity index (χ0n) is 15.7. The van der Waals surface area contributed by atoms with Gasteiger partial charge in [-0.3, -0.25) is 9.00 Å². The number of aryl methyl sites for hydroxylation is 1. The van der Waals surface area contributed by atoms with Gasteiger partial charge in [0.25, 0.3) is 5.91 Å². The molecule has 1 heterocycles. The third kappa shape index (κ3) is 4.15. The van der Waals surface area contributed by atoms with Crippen molar-refractivity contribution in [1.29, 1.82) is 0 Å². The highest BCUT2D eigenvalue weighted by atomic mass is 32.2. The standard InChI is InChI=1S/C21H26N2O2S/c1-16-6-4-9-20(17(16)2)22-10-12-23(13-11-22)21(24)19-8-5-7-18(14-19)15-26(3)25/h4-9,14H,10-13,15H2,1-3H3/t26-/m0/s1. The molecule has 0 aromatic heterocycles. The lowest BCUT2D eigenvalue weighted by Gasteiger charge is -2.37. The molecule has 2 aromatic carbocycles. The number of benzene rings is 2. The summed E-state index contributed by atoms with van der Waals surface area (Å²) in [5.74, 6) is 0.552. The second kappa shape index (κ2) is 8.04. The van der Waals surface area contributed by atoms with Crippen molar-refractivity contribution in [2.75, 3.05) is 37.3 Å². The molecule has 1 saturated heterocycles. The lowest BCUT2D eigenvalue weighted by atomic mass is 10.1. The SMILES string of the molecule is Cc1cccc(N2CCN(C(=O)c3cccc(C[S@](C)=O)c3)CC2)c1C. The lowest BCUT2D eigenvalue weighted by Crippen LogP contribution is -2.49. The van der Waals surface area contributed by atoms with Crippen LogP contribution in [0.15, 0.2) is 42.5 Å². The van der Waals surface area contributed by atoms with Gasteiger partial charge in [0.2, 0.25) is 0 Å². The van der Waals surface area contributed by atoms with Gasteiger partial charge in [0, 0.05) is 60.2 Å².